The van der Waals surface area contributed by atoms with E-state index in [9.17, 15) is 4.79 Å². The molecule has 0 fully saturated rings. The highest BCUT2D eigenvalue weighted by Gasteiger charge is 2.15. The lowest BCUT2D eigenvalue weighted by atomic mass is 10.1. The van der Waals surface area contributed by atoms with Gasteiger partial charge in [-0.05, 0) is 31.0 Å². The van der Waals surface area contributed by atoms with Crippen molar-refractivity contribution in [3.8, 4) is 0 Å². The van der Waals surface area contributed by atoms with E-state index in [1.165, 1.54) is 5.56 Å². The minimum atomic E-state index is -0.286. The summed E-state index contributed by atoms with van der Waals surface area (Å²) in [6.07, 6.45) is 6.34. The second-order valence-electron chi connectivity index (χ2n) is 6.11. The quantitative estimate of drug-likeness (QED) is 0.439. The van der Waals surface area contributed by atoms with Gasteiger partial charge in [0.15, 0.2) is 0 Å². The summed E-state index contributed by atoms with van der Waals surface area (Å²) in [5, 5.41) is 5.23. The number of carbonyl (C=O) groups excluding carboxylic acids is 1. The fraction of sp³-hybridized carbons (Fsp3) is 0.150. The van der Waals surface area contributed by atoms with Crippen LogP contribution in [-0.4, -0.2) is 26.5 Å². The summed E-state index contributed by atoms with van der Waals surface area (Å²) >= 11 is 0. The summed E-state index contributed by atoms with van der Waals surface area (Å²) in [5.74, 6) is -0.286. The van der Waals surface area contributed by atoms with Crippen LogP contribution in [0.3, 0.4) is 0 Å². The van der Waals surface area contributed by atoms with E-state index in [-0.39, 0.29) is 5.91 Å². The number of fused-ring (bicyclic) bond motifs is 2. The average Bonchev–Trinajstić information content (AvgIpc) is 3.21. The van der Waals surface area contributed by atoms with Gasteiger partial charge in [0.2, 0.25) is 0 Å². The molecule has 6 nitrogen and oxygen atoms in total. The number of hydrazone groups is 1. The van der Waals surface area contributed by atoms with Gasteiger partial charge in [0.05, 0.1) is 11.9 Å². The summed E-state index contributed by atoms with van der Waals surface area (Å²) in [7, 11) is 0. The van der Waals surface area contributed by atoms with Gasteiger partial charge in [-0.1, -0.05) is 31.2 Å². The number of pyridine rings is 1. The third-order valence-corrected chi connectivity index (χ3v) is 4.50. The van der Waals surface area contributed by atoms with E-state index in [2.05, 4.69) is 33.5 Å². The molecular formula is C20H19N5O. The van der Waals surface area contributed by atoms with Crippen molar-refractivity contribution >= 4 is 28.7 Å². The van der Waals surface area contributed by atoms with Crippen molar-refractivity contribution in [3.63, 3.8) is 0 Å². The van der Waals surface area contributed by atoms with Crippen LogP contribution < -0.4 is 5.43 Å². The van der Waals surface area contributed by atoms with Crippen LogP contribution in [-0.2, 0) is 6.42 Å². The molecule has 0 unspecified atom stereocenters. The zero-order chi connectivity index (χ0) is 18.1. The minimum Gasteiger partial charge on any atom is -0.360 e. The van der Waals surface area contributed by atoms with E-state index in [1.807, 2.05) is 49.6 Å². The van der Waals surface area contributed by atoms with Crippen LogP contribution in [0.1, 0.15) is 34.2 Å². The molecule has 0 aliphatic rings. The Kier molecular flexibility index (Phi) is 4.01. The Morgan fingerprint density at radius 1 is 1.31 bits per heavy atom. The number of para-hydroxylation sites is 1. The zero-order valence-corrected chi connectivity index (χ0v) is 14.7. The largest absolute Gasteiger partial charge is 0.360 e. The minimum absolute atomic E-state index is 0.286. The lowest BCUT2D eigenvalue weighted by molar-refractivity contribution is 0.0948. The van der Waals surface area contributed by atoms with Gasteiger partial charge in [-0.25, -0.2) is 10.4 Å². The zero-order valence-electron chi connectivity index (χ0n) is 14.7. The first kappa shape index (κ1) is 16.1. The molecule has 0 saturated carbocycles. The molecule has 0 saturated heterocycles. The standard InChI is InChI=1S/C20H19N5O/c1-3-14-7-6-8-16-15(11-21-18(14)16)12-22-24-20(26)19-13(2)23-17-9-4-5-10-25(17)19/h4-12,21H,3H2,1-2H3,(H,24,26)/b22-12+. The predicted octanol–water partition coefficient (Wildman–Crippen LogP) is 3.45. The summed E-state index contributed by atoms with van der Waals surface area (Å²) < 4.78 is 1.76. The van der Waals surface area contributed by atoms with Gasteiger partial charge >= 0.3 is 0 Å². The Bertz CT molecular complexity index is 1140. The number of aromatic nitrogens is 3. The van der Waals surface area contributed by atoms with E-state index in [0.29, 0.717) is 11.4 Å². The maximum atomic E-state index is 12.5. The molecule has 4 rings (SSSR count). The van der Waals surface area contributed by atoms with Gasteiger partial charge in [0.25, 0.3) is 5.91 Å². The monoisotopic (exact) mass is 345 g/mol. The number of rotatable bonds is 4. The normalized spacial score (nSPS) is 11.6. The lowest BCUT2D eigenvalue weighted by Gasteiger charge is -2.01. The SMILES string of the molecule is CCc1cccc2c(/C=N/NC(=O)c3c(C)nc4ccccn34)c[nH]c12. The first-order chi connectivity index (χ1) is 12.7. The highest BCUT2D eigenvalue weighted by atomic mass is 16.2. The molecule has 3 aromatic heterocycles. The summed E-state index contributed by atoms with van der Waals surface area (Å²) in [6, 6.07) is 11.8. The summed E-state index contributed by atoms with van der Waals surface area (Å²) in [4.78, 5) is 20.2. The van der Waals surface area contributed by atoms with Crippen LogP contribution in [0.5, 0.6) is 0 Å². The fourth-order valence-electron chi connectivity index (χ4n) is 3.24. The van der Waals surface area contributed by atoms with Crippen molar-refractivity contribution < 1.29 is 4.79 Å². The van der Waals surface area contributed by atoms with E-state index >= 15 is 0 Å². The topological polar surface area (TPSA) is 74.6 Å². The molecule has 130 valence electrons. The molecule has 0 aliphatic heterocycles. The van der Waals surface area contributed by atoms with E-state index in [1.54, 1.807) is 10.6 Å². The molecule has 0 aliphatic carbocycles. The van der Waals surface area contributed by atoms with Crippen molar-refractivity contribution in [2.45, 2.75) is 20.3 Å². The molecule has 4 aromatic rings. The van der Waals surface area contributed by atoms with Gasteiger partial charge in [0.1, 0.15) is 11.3 Å². The van der Waals surface area contributed by atoms with Gasteiger partial charge in [-0.2, -0.15) is 5.10 Å². The Labute approximate surface area is 150 Å². The Hall–Kier alpha value is -3.41. The average molecular weight is 345 g/mol. The summed E-state index contributed by atoms with van der Waals surface area (Å²) in [6.45, 7) is 3.94. The number of benzene rings is 1. The number of imidazole rings is 1. The second kappa shape index (κ2) is 6.48. The number of H-pyrrole nitrogens is 1. The van der Waals surface area contributed by atoms with Crippen LogP contribution in [0.25, 0.3) is 16.6 Å². The highest BCUT2D eigenvalue weighted by molar-refractivity contribution is 6.01. The predicted molar refractivity (Wildman–Crippen MR) is 103 cm³/mol. The van der Waals surface area contributed by atoms with Crippen molar-refractivity contribution in [1.82, 2.24) is 19.8 Å². The number of nitrogens with one attached hydrogen (secondary N) is 2. The Morgan fingerprint density at radius 2 is 2.19 bits per heavy atom. The number of aryl methyl sites for hydroxylation is 2. The number of hydrogen-bond donors (Lipinski definition) is 2. The molecule has 0 spiro atoms. The van der Waals surface area contributed by atoms with Crippen molar-refractivity contribution in [2.24, 2.45) is 5.10 Å². The first-order valence-electron chi connectivity index (χ1n) is 8.55. The molecule has 26 heavy (non-hydrogen) atoms. The Morgan fingerprint density at radius 3 is 3.04 bits per heavy atom. The lowest BCUT2D eigenvalue weighted by Crippen LogP contribution is -2.20. The van der Waals surface area contributed by atoms with Crippen molar-refractivity contribution in [3.05, 3.63) is 71.3 Å². The molecule has 6 heteroatoms. The molecule has 0 radical (unpaired) electrons. The van der Waals surface area contributed by atoms with Crippen molar-refractivity contribution in [1.29, 1.82) is 0 Å². The number of aromatic amines is 1. The van der Waals surface area contributed by atoms with Crippen LogP contribution in [0.4, 0.5) is 0 Å². The van der Waals surface area contributed by atoms with Gasteiger partial charge in [0, 0.05) is 28.9 Å². The number of hydrogen-bond acceptors (Lipinski definition) is 3. The molecule has 1 amide bonds. The van der Waals surface area contributed by atoms with Crippen LogP contribution >= 0.6 is 0 Å². The van der Waals surface area contributed by atoms with E-state index in [4.69, 9.17) is 0 Å². The summed E-state index contributed by atoms with van der Waals surface area (Å²) in [5.41, 5.74) is 7.81. The van der Waals surface area contributed by atoms with Gasteiger partial charge < -0.3 is 4.98 Å². The second-order valence-corrected chi connectivity index (χ2v) is 6.11. The van der Waals surface area contributed by atoms with Gasteiger partial charge in [-0.15, -0.1) is 0 Å². The Balaban J connectivity index is 1.59. The van der Waals surface area contributed by atoms with Crippen LogP contribution in [0.15, 0.2) is 53.9 Å². The van der Waals surface area contributed by atoms with E-state index in [0.717, 1.165) is 28.5 Å². The van der Waals surface area contributed by atoms with Gasteiger partial charge in [-0.3, -0.25) is 9.20 Å². The van der Waals surface area contributed by atoms with Crippen LogP contribution in [0.2, 0.25) is 0 Å². The maximum Gasteiger partial charge on any atom is 0.290 e. The third-order valence-electron chi connectivity index (χ3n) is 4.50. The maximum absolute atomic E-state index is 12.5. The molecule has 3 heterocycles. The third kappa shape index (κ3) is 2.65. The fourth-order valence-corrected chi connectivity index (χ4v) is 3.24. The first-order valence-corrected chi connectivity index (χ1v) is 8.55. The van der Waals surface area contributed by atoms with E-state index < -0.39 is 0 Å². The molecule has 2 N–H and O–H groups in total. The molecular weight excluding hydrogens is 326 g/mol. The molecule has 1 aromatic carbocycles. The smallest absolute Gasteiger partial charge is 0.290 e. The molecule has 0 atom stereocenters. The number of nitrogens with zero attached hydrogens (tertiary/aromatic N) is 3. The molecule has 0 bridgehead atoms. The number of amides is 1. The van der Waals surface area contributed by atoms with Crippen molar-refractivity contribution in [2.75, 3.05) is 0 Å². The highest BCUT2D eigenvalue weighted by Crippen LogP contribution is 2.21. The number of carbonyl (C=O) groups is 1. The van der Waals surface area contributed by atoms with Crippen LogP contribution in [0, 0.1) is 6.92 Å².